The lowest BCUT2D eigenvalue weighted by Gasteiger charge is -2.04. The topological polar surface area (TPSA) is 81.4 Å². The van der Waals surface area contributed by atoms with Gasteiger partial charge in [-0.1, -0.05) is 42.5 Å². The van der Waals surface area contributed by atoms with Crippen molar-refractivity contribution >= 4 is 39.1 Å². The Bertz CT molecular complexity index is 1450. The number of carbonyl (C=O) groups excluding carboxylic acids is 2. The average Bonchev–Trinajstić information content (AvgIpc) is 3.50. The Morgan fingerprint density at radius 3 is 2.39 bits per heavy atom. The fourth-order valence-electron chi connectivity index (χ4n) is 3.42. The summed E-state index contributed by atoms with van der Waals surface area (Å²) in [5.74, 6) is 0.968. The smallest absolute Gasteiger partial charge is 0.257 e. The van der Waals surface area contributed by atoms with Crippen LogP contribution in [-0.4, -0.2) is 23.8 Å². The molecule has 0 saturated carbocycles. The molecule has 7 heteroatoms. The number of fused-ring (bicyclic) bond motifs is 1. The second kappa shape index (κ2) is 8.72. The highest BCUT2D eigenvalue weighted by atomic mass is 32.1. The molecule has 5 aromatic rings. The van der Waals surface area contributed by atoms with Gasteiger partial charge in [0.2, 0.25) is 0 Å². The van der Waals surface area contributed by atoms with Crippen LogP contribution < -0.4 is 10.1 Å². The van der Waals surface area contributed by atoms with Gasteiger partial charge in [0, 0.05) is 27.5 Å². The summed E-state index contributed by atoms with van der Waals surface area (Å²) in [6.07, 6.45) is 0. The summed E-state index contributed by atoms with van der Waals surface area (Å²) in [4.78, 5) is 29.7. The molecule has 2 heterocycles. The van der Waals surface area contributed by atoms with Gasteiger partial charge in [-0.05, 0) is 36.4 Å². The van der Waals surface area contributed by atoms with E-state index in [1.807, 2.05) is 47.8 Å². The van der Waals surface area contributed by atoms with E-state index in [2.05, 4.69) is 10.3 Å². The molecule has 33 heavy (non-hydrogen) atoms. The van der Waals surface area contributed by atoms with Crippen molar-refractivity contribution in [3.8, 4) is 17.2 Å². The first-order valence-electron chi connectivity index (χ1n) is 10.2. The molecule has 0 aliphatic rings. The van der Waals surface area contributed by atoms with Crippen molar-refractivity contribution in [3.05, 3.63) is 101 Å². The molecule has 0 radical (unpaired) electrons. The van der Waals surface area contributed by atoms with Crippen LogP contribution in [0.4, 0.5) is 5.13 Å². The molecule has 0 atom stereocenters. The summed E-state index contributed by atoms with van der Waals surface area (Å²) in [6, 6.07) is 23.1. The van der Waals surface area contributed by atoms with Crippen molar-refractivity contribution in [1.29, 1.82) is 0 Å². The highest BCUT2D eigenvalue weighted by molar-refractivity contribution is 7.14. The van der Waals surface area contributed by atoms with E-state index in [1.54, 1.807) is 43.5 Å². The van der Waals surface area contributed by atoms with E-state index in [1.165, 1.54) is 11.3 Å². The predicted octanol–water partition coefficient (Wildman–Crippen LogP) is 6.05. The van der Waals surface area contributed by atoms with E-state index in [-0.39, 0.29) is 11.7 Å². The summed E-state index contributed by atoms with van der Waals surface area (Å²) in [5.41, 5.74) is 2.93. The zero-order valence-electron chi connectivity index (χ0n) is 17.6. The van der Waals surface area contributed by atoms with Gasteiger partial charge in [0.05, 0.1) is 7.11 Å². The van der Waals surface area contributed by atoms with Gasteiger partial charge in [-0.15, -0.1) is 11.3 Å². The fraction of sp³-hybridized carbons (Fsp3) is 0.0385. The van der Waals surface area contributed by atoms with E-state index >= 15 is 0 Å². The number of nitrogens with zero attached hydrogens (tertiary/aromatic N) is 1. The number of benzene rings is 3. The maximum absolute atomic E-state index is 12.7. The minimum Gasteiger partial charge on any atom is -0.497 e. The van der Waals surface area contributed by atoms with Crippen LogP contribution >= 0.6 is 11.3 Å². The minimum atomic E-state index is -0.302. The molecule has 2 aromatic heterocycles. The number of anilines is 1. The number of aromatic nitrogens is 1. The van der Waals surface area contributed by atoms with Gasteiger partial charge in [0.15, 0.2) is 16.7 Å². The molecule has 1 N–H and O–H groups in total. The van der Waals surface area contributed by atoms with E-state index in [4.69, 9.17) is 9.15 Å². The number of furan rings is 1. The summed E-state index contributed by atoms with van der Waals surface area (Å²) < 4.78 is 11.1. The Morgan fingerprint density at radius 2 is 1.64 bits per heavy atom. The van der Waals surface area contributed by atoms with Crippen LogP contribution in [-0.2, 0) is 0 Å². The van der Waals surface area contributed by atoms with Gasteiger partial charge in [-0.2, -0.15) is 0 Å². The highest BCUT2D eigenvalue weighted by Crippen LogP contribution is 2.32. The van der Waals surface area contributed by atoms with Crippen molar-refractivity contribution in [2.24, 2.45) is 0 Å². The molecule has 3 aromatic carbocycles. The third-order valence-corrected chi connectivity index (χ3v) is 5.90. The number of nitrogens with one attached hydrogen (secondary N) is 1. The monoisotopic (exact) mass is 454 g/mol. The lowest BCUT2D eigenvalue weighted by molar-refractivity contribution is 0.102. The largest absolute Gasteiger partial charge is 0.497 e. The van der Waals surface area contributed by atoms with Crippen LogP contribution in [0, 0.1) is 0 Å². The van der Waals surface area contributed by atoms with Crippen LogP contribution in [0.3, 0.4) is 0 Å². The molecule has 0 spiro atoms. The number of hydrogen-bond acceptors (Lipinski definition) is 6. The first kappa shape index (κ1) is 20.7. The summed E-state index contributed by atoms with van der Waals surface area (Å²) in [7, 11) is 1.62. The average molecular weight is 455 g/mol. The molecule has 0 aliphatic carbocycles. The normalized spacial score (nSPS) is 10.8. The molecule has 5 rings (SSSR count). The van der Waals surface area contributed by atoms with Crippen LogP contribution in [0.2, 0.25) is 0 Å². The van der Waals surface area contributed by atoms with Gasteiger partial charge in [0.1, 0.15) is 17.0 Å². The Morgan fingerprint density at radius 1 is 0.909 bits per heavy atom. The highest BCUT2D eigenvalue weighted by Gasteiger charge is 2.14. The molecule has 162 valence electrons. The molecule has 1 amide bonds. The number of methoxy groups -OCH3 is 1. The van der Waals surface area contributed by atoms with Crippen LogP contribution in [0.1, 0.15) is 26.3 Å². The summed E-state index contributed by atoms with van der Waals surface area (Å²) in [5, 5.41) is 5.99. The van der Waals surface area contributed by atoms with Crippen LogP contribution in [0.5, 0.6) is 5.75 Å². The number of ketones is 1. The minimum absolute atomic E-state index is 0.0874. The predicted molar refractivity (Wildman–Crippen MR) is 128 cm³/mol. The third-order valence-electron chi connectivity index (χ3n) is 5.15. The maximum Gasteiger partial charge on any atom is 0.257 e. The van der Waals surface area contributed by atoms with Crippen molar-refractivity contribution in [2.75, 3.05) is 12.4 Å². The standard InChI is InChI=1S/C26H18N2O4S/c1-31-20-11-12-22-19(13-20)14-23(32-22)21-15-33-26(27-21)28-25(30)18-9-7-17(8-10-18)24(29)16-5-3-2-4-6-16/h2-15H,1H3,(H,27,28,30). The molecule has 0 saturated heterocycles. The van der Waals surface area contributed by atoms with Gasteiger partial charge in [-0.25, -0.2) is 4.98 Å². The van der Waals surface area contributed by atoms with Gasteiger partial charge >= 0.3 is 0 Å². The molecule has 0 unspecified atom stereocenters. The summed E-state index contributed by atoms with van der Waals surface area (Å²) >= 11 is 1.31. The Kier molecular flexibility index (Phi) is 5.46. The third kappa shape index (κ3) is 4.26. The molecule has 0 fully saturated rings. The number of ether oxygens (including phenoxy) is 1. The Hall–Kier alpha value is -4.23. The van der Waals surface area contributed by atoms with Crippen LogP contribution in [0.15, 0.2) is 88.7 Å². The SMILES string of the molecule is COc1ccc2oc(-c3csc(NC(=O)c4ccc(C(=O)c5ccccc5)cc4)n3)cc2c1. The molecule has 6 nitrogen and oxygen atoms in total. The molecular formula is C26H18N2O4S. The van der Waals surface area contributed by atoms with Crippen molar-refractivity contribution in [1.82, 2.24) is 4.98 Å². The van der Waals surface area contributed by atoms with E-state index in [0.29, 0.717) is 33.3 Å². The second-order valence-electron chi connectivity index (χ2n) is 7.28. The first-order valence-corrected chi connectivity index (χ1v) is 11.0. The fourth-order valence-corrected chi connectivity index (χ4v) is 4.11. The zero-order chi connectivity index (χ0) is 22.8. The Labute approximate surface area is 193 Å². The molecule has 0 bridgehead atoms. The zero-order valence-corrected chi connectivity index (χ0v) is 18.4. The van der Waals surface area contributed by atoms with E-state index in [0.717, 1.165) is 16.7 Å². The second-order valence-corrected chi connectivity index (χ2v) is 8.14. The molecule has 0 aliphatic heterocycles. The Balaban J connectivity index is 1.29. The van der Waals surface area contributed by atoms with Crippen LogP contribution in [0.25, 0.3) is 22.4 Å². The number of rotatable bonds is 6. The number of carbonyl (C=O) groups is 2. The maximum atomic E-state index is 12.7. The summed E-state index contributed by atoms with van der Waals surface area (Å²) in [6.45, 7) is 0. The van der Waals surface area contributed by atoms with E-state index in [9.17, 15) is 9.59 Å². The first-order chi connectivity index (χ1) is 16.1. The number of thiazole rings is 1. The van der Waals surface area contributed by atoms with Gasteiger partial charge in [0.25, 0.3) is 5.91 Å². The van der Waals surface area contributed by atoms with Crippen molar-refractivity contribution < 1.29 is 18.7 Å². The number of hydrogen-bond donors (Lipinski definition) is 1. The lowest BCUT2D eigenvalue weighted by Crippen LogP contribution is -2.12. The molecular weight excluding hydrogens is 436 g/mol. The lowest BCUT2D eigenvalue weighted by atomic mass is 10.0. The number of amides is 1. The van der Waals surface area contributed by atoms with Gasteiger partial charge in [-0.3, -0.25) is 14.9 Å². The quantitative estimate of drug-likeness (QED) is 0.316. The van der Waals surface area contributed by atoms with Gasteiger partial charge < -0.3 is 9.15 Å². The van der Waals surface area contributed by atoms with Crippen molar-refractivity contribution in [3.63, 3.8) is 0 Å². The van der Waals surface area contributed by atoms with Crippen molar-refractivity contribution in [2.45, 2.75) is 0 Å². The van der Waals surface area contributed by atoms with E-state index < -0.39 is 0 Å².